The maximum absolute atomic E-state index is 12.6. The van der Waals surface area contributed by atoms with E-state index in [4.69, 9.17) is 27.9 Å². The molecule has 2 saturated heterocycles. The number of hydrogen-bond donors (Lipinski definition) is 1. The fourth-order valence-electron chi connectivity index (χ4n) is 9.30. The molecule has 4 fully saturated rings. The summed E-state index contributed by atoms with van der Waals surface area (Å²) in [7, 11) is 0. The lowest BCUT2D eigenvalue weighted by Crippen LogP contribution is -2.48. The Hall–Kier alpha value is -2.64. The molecular formula is C50H59BrCl2F6N2O2. The highest BCUT2D eigenvalue weighted by Crippen LogP contribution is 2.46. The Bertz CT molecular complexity index is 1960. The SMILES string of the molecule is FC(F)(F)c1ccc(CBr)cc1.FC(F)(F)c1ccc(COCC2CCN(CC3(c4ccc(Cl)cc4)CCC3)CC2)cc1.OCC1CCN(CC2(c3ccc(Cl)cc3)CCC2)CC1. The van der Waals surface area contributed by atoms with Crippen molar-refractivity contribution in [2.45, 2.75) is 99.3 Å². The second-order valence-corrected chi connectivity index (χ2v) is 19.4. The van der Waals surface area contributed by atoms with Crippen LogP contribution >= 0.6 is 39.1 Å². The minimum absolute atomic E-state index is 0.274. The minimum Gasteiger partial charge on any atom is -0.396 e. The second-order valence-electron chi connectivity index (χ2n) is 17.9. The van der Waals surface area contributed by atoms with Gasteiger partial charge in [0.1, 0.15) is 0 Å². The topological polar surface area (TPSA) is 35.9 Å². The van der Waals surface area contributed by atoms with Crippen molar-refractivity contribution in [2.24, 2.45) is 11.8 Å². The van der Waals surface area contributed by atoms with Gasteiger partial charge in [-0.2, -0.15) is 26.3 Å². The van der Waals surface area contributed by atoms with E-state index in [0.29, 0.717) is 42.4 Å². The summed E-state index contributed by atoms with van der Waals surface area (Å²) in [4.78, 5) is 5.18. The number of ether oxygens (including phenoxy) is 1. The van der Waals surface area contributed by atoms with E-state index in [-0.39, 0.29) is 5.41 Å². The molecule has 4 aliphatic rings. The number of aliphatic hydroxyl groups is 1. The van der Waals surface area contributed by atoms with Gasteiger partial charge in [0.05, 0.1) is 17.7 Å². The number of alkyl halides is 7. The Morgan fingerprint density at radius 3 is 1.29 bits per heavy atom. The van der Waals surface area contributed by atoms with E-state index in [0.717, 1.165) is 104 Å². The monoisotopic (exact) mass is 982 g/mol. The van der Waals surface area contributed by atoms with E-state index in [9.17, 15) is 31.4 Å². The zero-order valence-corrected chi connectivity index (χ0v) is 38.8. The van der Waals surface area contributed by atoms with E-state index in [1.807, 2.05) is 24.3 Å². The molecule has 2 aliphatic heterocycles. The Labute approximate surface area is 387 Å². The summed E-state index contributed by atoms with van der Waals surface area (Å²) in [5.41, 5.74) is 3.89. The van der Waals surface area contributed by atoms with Gasteiger partial charge in [0, 0.05) is 52.5 Å². The van der Waals surface area contributed by atoms with Crippen molar-refractivity contribution in [3.05, 3.63) is 140 Å². The van der Waals surface area contributed by atoms with Crippen LogP contribution in [0.4, 0.5) is 26.3 Å². The Morgan fingerprint density at radius 2 is 0.952 bits per heavy atom. The number of hydrogen-bond acceptors (Lipinski definition) is 4. The highest BCUT2D eigenvalue weighted by molar-refractivity contribution is 9.08. The number of likely N-dealkylation sites (tertiary alicyclic amines) is 2. The molecule has 13 heteroatoms. The molecule has 63 heavy (non-hydrogen) atoms. The lowest BCUT2D eigenvalue weighted by atomic mass is 9.64. The van der Waals surface area contributed by atoms with Crippen LogP contribution in [0.25, 0.3) is 0 Å². The van der Waals surface area contributed by atoms with Gasteiger partial charge in [0.15, 0.2) is 0 Å². The van der Waals surface area contributed by atoms with Gasteiger partial charge in [0.25, 0.3) is 0 Å². The molecule has 2 heterocycles. The van der Waals surface area contributed by atoms with Crippen molar-refractivity contribution in [1.29, 1.82) is 0 Å². The van der Waals surface area contributed by atoms with Crippen LogP contribution in [-0.4, -0.2) is 67.4 Å². The number of aliphatic hydroxyl groups excluding tert-OH is 1. The predicted molar refractivity (Wildman–Crippen MR) is 245 cm³/mol. The first-order valence-corrected chi connectivity index (χ1v) is 24.0. The van der Waals surface area contributed by atoms with E-state index in [2.05, 4.69) is 50.0 Å². The summed E-state index contributed by atoms with van der Waals surface area (Å²) in [6, 6.07) is 27.1. The van der Waals surface area contributed by atoms with E-state index in [1.54, 1.807) is 0 Å². The van der Waals surface area contributed by atoms with Gasteiger partial charge in [-0.1, -0.05) is 101 Å². The third-order valence-corrected chi connectivity index (χ3v) is 14.8. The fourth-order valence-corrected chi connectivity index (χ4v) is 9.93. The Kier molecular flexibility index (Phi) is 17.9. The van der Waals surface area contributed by atoms with E-state index >= 15 is 0 Å². The van der Waals surface area contributed by atoms with Crippen molar-refractivity contribution < 1.29 is 36.2 Å². The number of rotatable bonds is 12. The van der Waals surface area contributed by atoms with Gasteiger partial charge in [0.2, 0.25) is 0 Å². The number of benzene rings is 4. The van der Waals surface area contributed by atoms with Crippen molar-refractivity contribution in [2.75, 3.05) is 52.5 Å². The molecule has 2 aliphatic carbocycles. The summed E-state index contributed by atoms with van der Waals surface area (Å²) in [6.07, 6.45) is 3.68. The summed E-state index contributed by atoms with van der Waals surface area (Å²) < 4.78 is 79.8. The van der Waals surface area contributed by atoms with E-state index in [1.165, 1.54) is 80.5 Å². The van der Waals surface area contributed by atoms with Crippen LogP contribution < -0.4 is 0 Å². The average molecular weight is 985 g/mol. The molecule has 2 saturated carbocycles. The molecule has 0 amide bonds. The third kappa shape index (κ3) is 14.2. The molecule has 8 rings (SSSR count). The second kappa shape index (κ2) is 22.7. The van der Waals surface area contributed by atoms with Gasteiger partial charge in [-0.05, 0) is 160 Å². The maximum atomic E-state index is 12.6. The molecule has 0 radical (unpaired) electrons. The quantitative estimate of drug-likeness (QED) is 0.113. The molecule has 0 bridgehead atoms. The van der Waals surface area contributed by atoms with Gasteiger partial charge < -0.3 is 19.6 Å². The van der Waals surface area contributed by atoms with E-state index < -0.39 is 23.5 Å². The van der Waals surface area contributed by atoms with Crippen LogP contribution in [0.15, 0.2) is 97.1 Å². The molecule has 0 aromatic heterocycles. The zero-order valence-electron chi connectivity index (χ0n) is 35.7. The molecular weight excluding hydrogens is 925 g/mol. The van der Waals surface area contributed by atoms with Crippen LogP contribution in [0.2, 0.25) is 10.0 Å². The molecule has 0 atom stereocenters. The Morgan fingerprint density at radius 1 is 0.571 bits per heavy atom. The van der Waals surface area contributed by atoms with Crippen LogP contribution in [0.3, 0.4) is 0 Å². The van der Waals surface area contributed by atoms with Crippen LogP contribution in [0.1, 0.15) is 97.6 Å². The van der Waals surface area contributed by atoms with Gasteiger partial charge in [-0.3, -0.25) is 0 Å². The first-order chi connectivity index (χ1) is 30.1. The molecule has 1 N–H and O–H groups in total. The maximum Gasteiger partial charge on any atom is 0.416 e. The smallest absolute Gasteiger partial charge is 0.396 e. The van der Waals surface area contributed by atoms with Crippen molar-refractivity contribution in [3.8, 4) is 0 Å². The van der Waals surface area contributed by atoms with Crippen molar-refractivity contribution >= 4 is 39.1 Å². The third-order valence-electron chi connectivity index (χ3n) is 13.6. The zero-order chi connectivity index (χ0) is 45.1. The standard InChI is InChI=1S/C25H29ClF3NO.C17H24ClNO.C8H6BrF3/c26-23-8-6-21(7-9-23)24(12-1-13-24)18-30-14-10-20(11-15-30)17-31-16-19-2-4-22(5-3-19)25(27,28)29;18-16-4-2-15(3-5-16)17(8-1-9-17)13-19-10-6-14(12-20)7-11-19;9-5-6-1-3-7(4-2-6)8(10,11)12/h2-9,20H,1,10-18H2;2-5,14,20H,1,6-13H2;1-4H,5H2. The van der Waals surface area contributed by atoms with Gasteiger partial charge in [-0.15, -0.1) is 0 Å². The number of piperidine rings is 2. The first-order valence-electron chi connectivity index (χ1n) is 22.1. The number of halogens is 9. The highest BCUT2D eigenvalue weighted by atomic mass is 79.9. The minimum atomic E-state index is -4.29. The van der Waals surface area contributed by atoms with Crippen molar-refractivity contribution in [3.63, 3.8) is 0 Å². The molecule has 344 valence electrons. The summed E-state index contributed by atoms with van der Waals surface area (Å²) in [5.74, 6) is 1.04. The molecule has 0 spiro atoms. The van der Waals surface area contributed by atoms with Gasteiger partial charge in [-0.25, -0.2) is 0 Å². The molecule has 0 unspecified atom stereocenters. The van der Waals surface area contributed by atoms with Crippen LogP contribution in [0, 0.1) is 11.8 Å². The number of nitrogens with zero attached hydrogens (tertiary/aromatic N) is 2. The molecule has 4 aromatic carbocycles. The summed E-state index contributed by atoms with van der Waals surface area (Å²) >= 11 is 15.2. The summed E-state index contributed by atoms with van der Waals surface area (Å²) in [6.45, 7) is 8.08. The van der Waals surface area contributed by atoms with Crippen LogP contribution in [0.5, 0.6) is 0 Å². The van der Waals surface area contributed by atoms with Crippen molar-refractivity contribution in [1.82, 2.24) is 9.80 Å². The normalized spacial score (nSPS) is 19.5. The predicted octanol–water partition coefficient (Wildman–Crippen LogP) is 13.8. The Balaban J connectivity index is 0.000000176. The fraction of sp³-hybridized carbons (Fsp3) is 0.520. The average Bonchev–Trinajstić information content (AvgIpc) is 3.25. The largest absolute Gasteiger partial charge is 0.416 e. The van der Waals surface area contributed by atoms with Crippen LogP contribution in [-0.2, 0) is 39.9 Å². The first kappa shape index (κ1) is 49.8. The highest BCUT2D eigenvalue weighted by Gasteiger charge is 2.42. The molecule has 4 nitrogen and oxygen atoms in total. The van der Waals surface area contributed by atoms with Gasteiger partial charge >= 0.3 is 12.4 Å². The molecule has 4 aromatic rings. The lowest BCUT2D eigenvalue weighted by molar-refractivity contribution is -0.138. The lowest BCUT2D eigenvalue weighted by Gasteiger charge is -2.47. The summed E-state index contributed by atoms with van der Waals surface area (Å²) in [5, 5.41) is 11.4.